The van der Waals surface area contributed by atoms with E-state index in [2.05, 4.69) is 21.7 Å². The second-order valence-electron chi connectivity index (χ2n) is 5.60. The molecule has 0 aliphatic carbocycles. The standard InChI is InChI=1S/C20H20N2OS/c23-19(13-6-10-17-11-7-15-24-17)22-20(16-8-2-1-3-9-16)18-12-4-5-14-21-18/h1-5,7-9,11-12,14-15,20H,6,10,13H2,(H,22,23). The largest absolute Gasteiger partial charge is 0.344 e. The number of rotatable bonds is 7. The predicted octanol–water partition coefficient (Wildman–Crippen LogP) is 4.37. The van der Waals surface area contributed by atoms with Crippen molar-refractivity contribution >= 4 is 17.2 Å². The van der Waals surface area contributed by atoms with Crippen LogP contribution in [0, 0.1) is 0 Å². The average Bonchev–Trinajstić information content (AvgIpc) is 3.15. The number of pyridine rings is 1. The third-order valence-electron chi connectivity index (χ3n) is 3.83. The topological polar surface area (TPSA) is 42.0 Å². The van der Waals surface area contributed by atoms with Crippen LogP contribution in [0.4, 0.5) is 0 Å². The molecule has 1 atom stereocenters. The molecule has 0 radical (unpaired) electrons. The second-order valence-corrected chi connectivity index (χ2v) is 6.63. The van der Waals surface area contributed by atoms with Gasteiger partial charge in [-0.05, 0) is 42.0 Å². The van der Waals surface area contributed by atoms with Gasteiger partial charge in [0.2, 0.25) is 5.91 Å². The maximum Gasteiger partial charge on any atom is 0.220 e. The second kappa shape index (κ2) is 8.41. The molecular weight excluding hydrogens is 316 g/mol. The highest BCUT2D eigenvalue weighted by atomic mass is 32.1. The molecule has 0 aliphatic rings. The smallest absolute Gasteiger partial charge is 0.220 e. The highest BCUT2D eigenvalue weighted by molar-refractivity contribution is 7.09. The molecule has 0 saturated heterocycles. The van der Waals surface area contributed by atoms with E-state index in [0.29, 0.717) is 6.42 Å². The number of amides is 1. The van der Waals surface area contributed by atoms with Crippen molar-refractivity contribution in [1.29, 1.82) is 0 Å². The first-order valence-corrected chi connectivity index (χ1v) is 8.98. The molecule has 0 spiro atoms. The lowest BCUT2D eigenvalue weighted by Crippen LogP contribution is -2.29. The van der Waals surface area contributed by atoms with Gasteiger partial charge in [-0.2, -0.15) is 0 Å². The lowest BCUT2D eigenvalue weighted by atomic mass is 10.0. The fourth-order valence-corrected chi connectivity index (χ4v) is 3.38. The van der Waals surface area contributed by atoms with Gasteiger partial charge in [0.15, 0.2) is 0 Å². The molecule has 2 aromatic heterocycles. The van der Waals surface area contributed by atoms with Gasteiger partial charge in [0.1, 0.15) is 0 Å². The number of nitrogens with zero attached hydrogens (tertiary/aromatic N) is 1. The number of carbonyl (C=O) groups is 1. The monoisotopic (exact) mass is 336 g/mol. The Labute approximate surface area is 146 Å². The summed E-state index contributed by atoms with van der Waals surface area (Å²) >= 11 is 1.74. The number of aryl methyl sites for hydroxylation is 1. The minimum atomic E-state index is -0.207. The van der Waals surface area contributed by atoms with Gasteiger partial charge < -0.3 is 5.32 Å². The summed E-state index contributed by atoms with van der Waals surface area (Å²) in [6.07, 6.45) is 4.09. The fourth-order valence-electron chi connectivity index (χ4n) is 2.63. The number of hydrogen-bond acceptors (Lipinski definition) is 3. The molecule has 3 rings (SSSR count). The SMILES string of the molecule is O=C(CCCc1cccs1)NC(c1ccccc1)c1ccccn1. The molecule has 3 nitrogen and oxygen atoms in total. The Bertz CT molecular complexity index is 702. The van der Waals surface area contributed by atoms with Gasteiger partial charge in [0.25, 0.3) is 0 Å². The highest BCUT2D eigenvalue weighted by Crippen LogP contribution is 2.20. The van der Waals surface area contributed by atoms with Gasteiger partial charge in [-0.25, -0.2) is 0 Å². The van der Waals surface area contributed by atoms with E-state index in [4.69, 9.17) is 0 Å². The van der Waals surface area contributed by atoms with Gasteiger partial charge in [-0.3, -0.25) is 9.78 Å². The fraction of sp³-hybridized carbons (Fsp3) is 0.200. The lowest BCUT2D eigenvalue weighted by Gasteiger charge is -2.19. The Balaban J connectivity index is 1.64. The van der Waals surface area contributed by atoms with E-state index in [9.17, 15) is 4.79 Å². The van der Waals surface area contributed by atoms with Crippen molar-refractivity contribution in [2.75, 3.05) is 0 Å². The zero-order chi connectivity index (χ0) is 16.6. The van der Waals surface area contributed by atoms with Crippen molar-refractivity contribution in [3.63, 3.8) is 0 Å². The summed E-state index contributed by atoms with van der Waals surface area (Å²) in [5.74, 6) is 0.0612. The lowest BCUT2D eigenvalue weighted by molar-refractivity contribution is -0.121. The molecule has 24 heavy (non-hydrogen) atoms. The van der Waals surface area contributed by atoms with Crippen molar-refractivity contribution in [1.82, 2.24) is 10.3 Å². The summed E-state index contributed by atoms with van der Waals surface area (Å²) in [5, 5.41) is 5.20. The molecule has 1 aromatic carbocycles. The molecule has 2 heterocycles. The maximum atomic E-state index is 12.4. The first kappa shape index (κ1) is 16.4. The van der Waals surface area contributed by atoms with Crippen LogP contribution in [0.15, 0.2) is 72.2 Å². The zero-order valence-corrected chi connectivity index (χ0v) is 14.2. The van der Waals surface area contributed by atoms with Gasteiger partial charge in [0, 0.05) is 17.5 Å². The van der Waals surface area contributed by atoms with Gasteiger partial charge >= 0.3 is 0 Å². The summed E-state index contributed by atoms with van der Waals surface area (Å²) in [6, 6.07) is 19.7. The van der Waals surface area contributed by atoms with Crippen molar-refractivity contribution in [3.8, 4) is 0 Å². The maximum absolute atomic E-state index is 12.4. The van der Waals surface area contributed by atoms with E-state index in [0.717, 1.165) is 24.1 Å². The highest BCUT2D eigenvalue weighted by Gasteiger charge is 2.17. The van der Waals surface area contributed by atoms with Crippen molar-refractivity contribution < 1.29 is 4.79 Å². The Hall–Kier alpha value is -2.46. The third-order valence-corrected chi connectivity index (χ3v) is 4.77. The van der Waals surface area contributed by atoms with E-state index < -0.39 is 0 Å². The molecule has 122 valence electrons. The molecule has 4 heteroatoms. The first-order chi connectivity index (χ1) is 11.8. The molecule has 0 bridgehead atoms. The summed E-state index contributed by atoms with van der Waals surface area (Å²) < 4.78 is 0. The number of aromatic nitrogens is 1. The minimum absolute atomic E-state index is 0.0612. The van der Waals surface area contributed by atoms with Crippen LogP contribution in [0.25, 0.3) is 0 Å². The van der Waals surface area contributed by atoms with E-state index in [-0.39, 0.29) is 11.9 Å². The molecule has 3 aromatic rings. The van der Waals surface area contributed by atoms with Gasteiger partial charge in [0.05, 0.1) is 11.7 Å². The molecule has 1 unspecified atom stereocenters. The zero-order valence-electron chi connectivity index (χ0n) is 13.4. The molecule has 0 fully saturated rings. The van der Waals surface area contributed by atoms with Crippen molar-refractivity contribution in [2.24, 2.45) is 0 Å². The van der Waals surface area contributed by atoms with E-state index in [1.807, 2.05) is 54.6 Å². The normalized spacial score (nSPS) is 11.8. The Morgan fingerprint density at radius 1 is 1.04 bits per heavy atom. The minimum Gasteiger partial charge on any atom is -0.344 e. The summed E-state index contributed by atoms with van der Waals surface area (Å²) in [4.78, 5) is 18.1. The predicted molar refractivity (Wildman–Crippen MR) is 97.9 cm³/mol. The van der Waals surface area contributed by atoms with Crippen LogP contribution in [0.3, 0.4) is 0 Å². The summed E-state index contributed by atoms with van der Waals surface area (Å²) in [6.45, 7) is 0. The summed E-state index contributed by atoms with van der Waals surface area (Å²) in [7, 11) is 0. The van der Waals surface area contributed by atoms with E-state index >= 15 is 0 Å². The van der Waals surface area contributed by atoms with E-state index in [1.54, 1.807) is 17.5 Å². The average molecular weight is 336 g/mol. The first-order valence-electron chi connectivity index (χ1n) is 8.10. The van der Waals surface area contributed by atoms with Crippen molar-refractivity contribution in [2.45, 2.75) is 25.3 Å². The molecule has 1 amide bonds. The molecule has 0 aliphatic heterocycles. The molecule has 1 N–H and O–H groups in total. The van der Waals surface area contributed by atoms with Gasteiger partial charge in [-0.15, -0.1) is 11.3 Å². The number of carbonyl (C=O) groups excluding carboxylic acids is 1. The van der Waals surface area contributed by atoms with Crippen LogP contribution in [0.2, 0.25) is 0 Å². The number of nitrogens with one attached hydrogen (secondary N) is 1. The Morgan fingerprint density at radius 3 is 2.58 bits per heavy atom. The number of benzene rings is 1. The Kier molecular flexibility index (Phi) is 5.75. The van der Waals surface area contributed by atoms with Crippen LogP contribution in [0.5, 0.6) is 0 Å². The quantitative estimate of drug-likeness (QED) is 0.696. The number of hydrogen-bond donors (Lipinski definition) is 1. The van der Waals surface area contributed by atoms with Crippen LogP contribution >= 0.6 is 11.3 Å². The van der Waals surface area contributed by atoms with Crippen LogP contribution in [0.1, 0.15) is 35.0 Å². The van der Waals surface area contributed by atoms with Crippen LogP contribution in [-0.4, -0.2) is 10.9 Å². The molecule has 0 saturated carbocycles. The van der Waals surface area contributed by atoms with E-state index in [1.165, 1.54) is 4.88 Å². The Morgan fingerprint density at radius 2 is 1.88 bits per heavy atom. The van der Waals surface area contributed by atoms with Crippen LogP contribution < -0.4 is 5.32 Å². The third kappa shape index (κ3) is 4.52. The van der Waals surface area contributed by atoms with Crippen molar-refractivity contribution in [3.05, 3.63) is 88.4 Å². The van der Waals surface area contributed by atoms with Crippen LogP contribution in [-0.2, 0) is 11.2 Å². The number of thiophene rings is 1. The van der Waals surface area contributed by atoms with Gasteiger partial charge in [-0.1, -0.05) is 42.5 Å². The molecular formula is C20H20N2OS. The summed E-state index contributed by atoms with van der Waals surface area (Å²) in [5.41, 5.74) is 1.90.